The van der Waals surface area contributed by atoms with Crippen LogP contribution in [0.1, 0.15) is 19.8 Å². The molecule has 1 aliphatic rings. The molecular weight excluding hydrogens is 306 g/mol. The quantitative estimate of drug-likeness (QED) is 0.793. The molecular formula is C18H29N3O3. The highest BCUT2D eigenvalue weighted by Crippen LogP contribution is 2.21. The number of carbonyl (C=O) groups excluding carboxylic acids is 1. The molecule has 6 heteroatoms. The molecule has 1 aromatic rings. The summed E-state index contributed by atoms with van der Waals surface area (Å²) < 4.78 is 10.5. The van der Waals surface area contributed by atoms with Gasteiger partial charge < -0.3 is 24.6 Å². The van der Waals surface area contributed by atoms with Gasteiger partial charge in [-0.3, -0.25) is 0 Å². The van der Waals surface area contributed by atoms with Gasteiger partial charge in [0.05, 0.1) is 13.2 Å². The van der Waals surface area contributed by atoms with E-state index in [0.29, 0.717) is 13.2 Å². The molecule has 1 heterocycles. The minimum Gasteiger partial charge on any atom is -0.494 e. The summed E-state index contributed by atoms with van der Waals surface area (Å²) in [7, 11) is 3.78. The van der Waals surface area contributed by atoms with Crippen molar-refractivity contribution in [3.8, 4) is 5.75 Å². The molecule has 0 saturated carbocycles. The molecule has 2 amide bonds. The largest absolute Gasteiger partial charge is 0.494 e. The summed E-state index contributed by atoms with van der Waals surface area (Å²) in [6.45, 7) is 5.86. The number of likely N-dealkylation sites (N-methyl/N-ethyl adjacent to an activating group) is 1. The van der Waals surface area contributed by atoms with Crippen LogP contribution in [0.25, 0.3) is 0 Å². The lowest BCUT2D eigenvalue weighted by Crippen LogP contribution is -2.44. The van der Waals surface area contributed by atoms with Gasteiger partial charge >= 0.3 is 6.03 Å². The molecule has 1 saturated heterocycles. The average molecular weight is 335 g/mol. The van der Waals surface area contributed by atoms with Crippen molar-refractivity contribution in [1.82, 2.24) is 9.80 Å². The second-order valence-electron chi connectivity index (χ2n) is 6.13. The molecule has 134 valence electrons. The highest BCUT2D eigenvalue weighted by Gasteiger charge is 2.29. The molecule has 0 aliphatic carbocycles. The van der Waals surface area contributed by atoms with Crippen LogP contribution < -0.4 is 10.1 Å². The van der Waals surface area contributed by atoms with E-state index >= 15 is 0 Å². The van der Waals surface area contributed by atoms with Crippen LogP contribution in [0.15, 0.2) is 24.3 Å². The number of likely N-dealkylation sites (tertiary alicyclic amines) is 1. The first-order valence-corrected chi connectivity index (χ1v) is 8.62. The van der Waals surface area contributed by atoms with Gasteiger partial charge in [-0.2, -0.15) is 0 Å². The number of ether oxygens (including phenoxy) is 2. The topological polar surface area (TPSA) is 54.0 Å². The SMILES string of the molecule is CCOc1ccc(NC(=O)N2CCC[C@@H]2CN(C)CCOC)cc1. The fourth-order valence-electron chi connectivity index (χ4n) is 2.99. The number of hydrogen-bond donors (Lipinski definition) is 1. The molecule has 1 aromatic carbocycles. The Morgan fingerprint density at radius 3 is 2.79 bits per heavy atom. The van der Waals surface area contributed by atoms with E-state index in [1.54, 1.807) is 7.11 Å². The molecule has 0 bridgehead atoms. The van der Waals surface area contributed by atoms with Crippen LogP contribution in [-0.2, 0) is 4.74 Å². The van der Waals surface area contributed by atoms with Gasteiger partial charge in [0, 0.05) is 38.5 Å². The summed E-state index contributed by atoms with van der Waals surface area (Å²) in [5, 5.41) is 2.99. The van der Waals surface area contributed by atoms with Crippen LogP contribution in [0.4, 0.5) is 10.5 Å². The maximum Gasteiger partial charge on any atom is 0.322 e. The highest BCUT2D eigenvalue weighted by atomic mass is 16.5. The second kappa shape index (κ2) is 9.49. The normalized spacial score (nSPS) is 17.3. The lowest BCUT2D eigenvalue weighted by molar-refractivity contribution is 0.143. The molecule has 0 aromatic heterocycles. The monoisotopic (exact) mass is 335 g/mol. The van der Waals surface area contributed by atoms with Gasteiger partial charge in [0.1, 0.15) is 5.75 Å². The van der Waals surface area contributed by atoms with Gasteiger partial charge in [-0.15, -0.1) is 0 Å². The number of amides is 2. The van der Waals surface area contributed by atoms with E-state index in [4.69, 9.17) is 9.47 Å². The first kappa shape index (κ1) is 18.5. The fraction of sp³-hybridized carbons (Fsp3) is 0.611. The van der Waals surface area contributed by atoms with Gasteiger partial charge in [-0.1, -0.05) is 0 Å². The van der Waals surface area contributed by atoms with Crippen molar-refractivity contribution >= 4 is 11.7 Å². The molecule has 24 heavy (non-hydrogen) atoms. The molecule has 1 fully saturated rings. The maximum atomic E-state index is 12.6. The standard InChI is InChI=1S/C18H29N3O3/c1-4-24-17-9-7-15(8-10-17)19-18(22)21-11-5-6-16(21)14-20(2)12-13-23-3/h7-10,16H,4-6,11-14H2,1-3H3,(H,19,22)/t16-/m1/s1. The number of hydrogen-bond acceptors (Lipinski definition) is 4. The Kier molecular flexibility index (Phi) is 7.34. The van der Waals surface area contributed by atoms with Gasteiger partial charge in [0.2, 0.25) is 0 Å². The van der Waals surface area contributed by atoms with E-state index in [-0.39, 0.29) is 12.1 Å². The Morgan fingerprint density at radius 1 is 1.38 bits per heavy atom. The third-order valence-electron chi connectivity index (χ3n) is 4.25. The first-order valence-electron chi connectivity index (χ1n) is 8.62. The molecule has 1 aliphatic heterocycles. The number of methoxy groups -OCH3 is 1. The van der Waals surface area contributed by atoms with Crippen LogP contribution in [0.5, 0.6) is 5.75 Å². The summed E-state index contributed by atoms with van der Waals surface area (Å²) in [6, 6.07) is 7.73. The van der Waals surface area contributed by atoms with Crippen LogP contribution in [-0.4, -0.2) is 68.9 Å². The fourth-order valence-corrected chi connectivity index (χ4v) is 2.99. The predicted octanol–water partition coefficient (Wildman–Crippen LogP) is 2.66. The van der Waals surface area contributed by atoms with Gasteiger partial charge in [-0.25, -0.2) is 4.79 Å². The van der Waals surface area contributed by atoms with E-state index in [2.05, 4.69) is 17.3 Å². The molecule has 1 N–H and O–H groups in total. The third kappa shape index (κ3) is 5.39. The average Bonchev–Trinajstić information content (AvgIpc) is 3.03. The van der Waals surface area contributed by atoms with Gasteiger partial charge in [0.15, 0.2) is 0 Å². The van der Waals surface area contributed by atoms with Crippen molar-refractivity contribution in [1.29, 1.82) is 0 Å². The zero-order chi connectivity index (χ0) is 17.4. The summed E-state index contributed by atoms with van der Waals surface area (Å²) in [6.07, 6.45) is 2.10. The minimum atomic E-state index is -0.0261. The van der Waals surface area contributed by atoms with Crippen molar-refractivity contribution in [2.75, 3.05) is 52.3 Å². The van der Waals surface area contributed by atoms with E-state index < -0.39 is 0 Å². The molecule has 0 radical (unpaired) electrons. The molecule has 0 spiro atoms. The van der Waals surface area contributed by atoms with E-state index in [0.717, 1.165) is 43.9 Å². The first-order chi connectivity index (χ1) is 11.6. The Bertz CT molecular complexity index is 507. The Labute approximate surface area is 144 Å². The zero-order valence-electron chi connectivity index (χ0n) is 15.0. The predicted molar refractivity (Wildman–Crippen MR) is 95.7 cm³/mol. The third-order valence-corrected chi connectivity index (χ3v) is 4.25. The number of carbonyl (C=O) groups is 1. The van der Waals surface area contributed by atoms with Gasteiger partial charge in [-0.05, 0) is 51.1 Å². The van der Waals surface area contributed by atoms with E-state index in [9.17, 15) is 4.79 Å². The molecule has 2 rings (SSSR count). The van der Waals surface area contributed by atoms with Crippen molar-refractivity contribution < 1.29 is 14.3 Å². The summed E-state index contributed by atoms with van der Waals surface area (Å²) in [5.41, 5.74) is 0.793. The minimum absolute atomic E-state index is 0.0261. The molecule has 6 nitrogen and oxygen atoms in total. The number of rotatable bonds is 8. The van der Waals surface area contributed by atoms with Crippen molar-refractivity contribution in [3.05, 3.63) is 24.3 Å². The number of nitrogens with zero attached hydrogens (tertiary/aromatic N) is 2. The van der Waals surface area contributed by atoms with E-state index in [1.165, 1.54) is 0 Å². The van der Waals surface area contributed by atoms with Crippen molar-refractivity contribution in [3.63, 3.8) is 0 Å². The molecule has 1 atom stereocenters. The number of urea groups is 1. The van der Waals surface area contributed by atoms with Gasteiger partial charge in [0.25, 0.3) is 0 Å². The lowest BCUT2D eigenvalue weighted by Gasteiger charge is -2.28. The molecule has 0 unspecified atom stereocenters. The zero-order valence-corrected chi connectivity index (χ0v) is 15.0. The van der Waals surface area contributed by atoms with Crippen LogP contribution >= 0.6 is 0 Å². The summed E-state index contributed by atoms with van der Waals surface area (Å²) in [5.74, 6) is 0.814. The van der Waals surface area contributed by atoms with Crippen molar-refractivity contribution in [2.45, 2.75) is 25.8 Å². The van der Waals surface area contributed by atoms with E-state index in [1.807, 2.05) is 36.1 Å². The second-order valence-corrected chi connectivity index (χ2v) is 6.13. The summed E-state index contributed by atoms with van der Waals surface area (Å²) >= 11 is 0. The highest BCUT2D eigenvalue weighted by molar-refractivity contribution is 5.89. The Morgan fingerprint density at radius 2 is 2.12 bits per heavy atom. The number of nitrogens with one attached hydrogen (secondary N) is 1. The Hall–Kier alpha value is -1.79. The van der Waals surface area contributed by atoms with Crippen molar-refractivity contribution in [2.24, 2.45) is 0 Å². The number of benzene rings is 1. The van der Waals surface area contributed by atoms with Crippen LogP contribution in [0.3, 0.4) is 0 Å². The smallest absolute Gasteiger partial charge is 0.322 e. The lowest BCUT2D eigenvalue weighted by atomic mass is 10.2. The summed E-state index contributed by atoms with van der Waals surface area (Å²) in [4.78, 5) is 16.7. The van der Waals surface area contributed by atoms with Crippen LogP contribution in [0, 0.1) is 0 Å². The number of anilines is 1. The van der Waals surface area contributed by atoms with Crippen LogP contribution in [0.2, 0.25) is 0 Å². The maximum absolute atomic E-state index is 12.6. The Balaban J connectivity index is 1.88.